The van der Waals surface area contributed by atoms with Crippen molar-refractivity contribution in [1.82, 2.24) is 0 Å². The van der Waals surface area contributed by atoms with E-state index in [9.17, 15) is 4.79 Å². The molecule has 0 heterocycles. The fraction of sp³-hybridized carbons (Fsp3) is 0.0625. The van der Waals surface area contributed by atoms with Crippen LogP contribution in [0, 0.1) is 6.92 Å². The first-order valence-corrected chi connectivity index (χ1v) is 5.80. The van der Waals surface area contributed by atoms with E-state index in [-0.39, 0.29) is 0 Å². The second kappa shape index (κ2) is 5.32. The number of hydrogen-bond donors (Lipinski definition) is 1. The molecule has 0 saturated carbocycles. The lowest BCUT2D eigenvalue weighted by Gasteiger charge is -2.02. The van der Waals surface area contributed by atoms with Crippen LogP contribution in [0.5, 0.6) is 0 Å². The minimum Gasteiger partial charge on any atom is -0.366 e. The molecule has 0 bridgehead atoms. The van der Waals surface area contributed by atoms with E-state index in [4.69, 9.17) is 5.73 Å². The second-order valence-electron chi connectivity index (χ2n) is 4.22. The average molecular weight is 237 g/mol. The van der Waals surface area contributed by atoms with Crippen LogP contribution in [0.2, 0.25) is 0 Å². The van der Waals surface area contributed by atoms with Gasteiger partial charge in [0.1, 0.15) is 0 Å². The van der Waals surface area contributed by atoms with Crippen molar-refractivity contribution in [2.24, 2.45) is 5.73 Å². The van der Waals surface area contributed by atoms with Gasteiger partial charge in [0, 0.05) is 6.08 Å². The van der Waals surface area contributed by atoms with Crippen molar-refractivity contribution in [1.29, 1.82) is 0 Å². The highest BCUT2D eigenvalue weighted by molar-refractivity contribution is 5.90. The smallest absolute Gasteiger partial charge is 0.241 e. The third-order valence-corrected chi connectivity index (χ3v) is 2.74. The minimum absolute atomic E-state index is 0.433. The van der Waals surface area contributed by atoms with Crippen LogP contribution in [0.15, 0.2) is 54.6 Å². The summed E-state index contributed by atoms with van der Waals surface area (Å²) in [5.41, 5.74) is 9.61. The fourth-order valence-electron chi connectivity index (χ4n) is 1.71. The maximum Gasteiger partial charge on any atom is 0.241 e. The number of nitrogens with two attached hydrogens (primary N) is 1. The molecule has 0 aromatic heterocycles. The summed E-state index contributed by atoms with van der Waals surface area (Å²) in [4.78, 5) is 10.6. The van der Waals surface area contributed by atoms with E-state index in [2.05, 4.69) is 31.2 Å². The third kappa shape index (κ3) is 3.08. The summed E-state index contributed by atoms with van der Waals surface area (Å²) in [6.45, 7) is 2.07. The molecule has 0 atom stereocenters. The number of primary amides is 1. The van der Waals surface area contributed by atoms with Gasteiger partial charge in [-0.25, -0.2) is 0 Å². The molecule has 0 aliphatic rings. The van der Waals surface area contributed by atoms with E-state index in [1.54, 1.807) is 6.08 Å². The molecular formula is C16H15NO. The molecule has 0 aliphatic heterocycles. The predicted octanol–water partition coefficient (Wildman–Crippen LogP) is 3.16. The molecule has 0 unspecified atom stereocenters. The Hall–Kier alpha value is -2.35. The molecule has 2 heteroatoms. The van der Waals surface area contributed by atoms with Crippen molar-refractivity contribution >= 4 is 12.0 Å². The predicted molar refractivity (Wildman–Crippen MR) is 74.8 cm³/mol. The van der Waals surface area contributed by atoms with E-state index < -0.39 is 5.91 Å². The van der Waals surface area contributed by atoms with Gasteiger partial charge in [-0.3, -0.25) is 4.79 Å². The van der Waals surface area contributed by atoms with Gasteiger partial charge in [0.25, 0.3) is 0 Å². The maximum atomic E-state index is 10.6. The Balaban J connectivity index is 2.22. The molecule has 0 saturated heterocycles. The van der Waals surface area contributed by atoms with Crippen molar-refractivity contribution < 1.29 is 4.79 Å². The summed E-state index contributed by atoms with van der Waals surface area (Å²) in [6.07, 6.45) is 3.07. The Morgan fingerprint density at radius 3 is 1.94 bits per heavy atom. The molecule has 0 fully saturated rings. The summed E-state index contributed by atoms with van der Waals surface area (Å²) < 4.78 is 0. The van der Waals surface area contributed by atoms with Crippen molar-refractivity contribution in [3.8, 4) is 11.1 Å². The topological polar surface area (TPSA) is 43.1 Å². The van der Waals surface area contributed by atoms with Gasteiger partial charge in [-0.2, -0.15) is 0 Å². The minimum atomic E-state index is -0.433. The standard InChI is InChI=1S/C16H15NO/c1-12-2-7-14(8-3-12)15-9-4-13(5-10-15)6-11-16(17)18/h2-11H,1H3,(H2,17,18)/b11-6+. The van der Waals surface area contributed by atoms with E-state index in [1.807, 2.05) is 24.3 Å². The number of hydrogen-bond acceptors (Lipinski definition) is 1. The zero-order valence-electron chi connectivity index (χ0n) is 10.3. The lowest BCUT2D eigenvalue weighted by molar-refractivity contribution is -0.113. The first-order valence-electron chi connectivity index (χ1n) is 5.80. The van der Waals surface area contributed by atoms with Crippen LogP contribution in [-0.2, 0) is 4.79 Å². The molecule has 18 heavy (non-hydrogen) atoms. The van der Waals surface area contributed by atoms with Crippen LogP contribution in [-0.4, -0.2) is 5.91 Å². The Kier molecular flexibility index (Phi) is 3.58. The second-order valence-corrected chi connectivity index (χ2v) is 4.22. The summed E-state index contributed by atoms with van der Waals surface area (Å²) in [6, 6.07) is 16.4. The number of aryl methyl sites for hydroxylation is 1. The van der Waals surface area contributed by atoms with E-state index >= 15 is 0 Å². The summed E-state index contributed by atoms with van der Waals surface area (Å²) >= 11 is 0. The number of rotatable bonds is 3. The monoisotopic (exact) mass is 237 g/mol. The first-order chi connectivity index (χ1) is 8.65. The number of benzene rings is 2. The third-order valence-electron chi connectivity index (χ3n) is 2.74. The number of amides is 1. The SMILES string of the molecule is Cc1ccc(-c2ccc(/C=C/C(N)=O)cc2)cc1. The van der Waals surface area contributed by atoms with Crippen LogP contribution < -0.4 is 5.73 Å². The van der Waals surface area contributed by atoms with E-state index in [1.165, 1.54) is 17.2 Å². The van der Waals surface area contributed by atoms with E-state index in [0.717, 1.165) is 11.1 Å². The normalized spacial score (nSPS) is 10.7. The van der Waals surface area contributed by atoms with Gasteiger partial charge in [-0.1, -0.05) is 54.1 Å². The lowest BCUT2D eigenvalue weighted by atomic mass is 10.0. The molecule has 90 valence electrons. The number of carbonyl (C=O) groups excluding carboxylic acids is 1. The lowest BCUT2D eigenvalue weighted by Crippen LogP contribution is -2.04. The first kappa shape index (κ1) is 12.1. The fourth-order valence-corrected chi connectivity index (χ4v) is 1.71. The number of carbonyl (C=O) groups is 1. The Morgan fingerprint density at radius 2 is 1.44 bits per heavy atom. The molecule has 2 nitrogen and oxygen atoms in total. The molecule has 2 N–H and O–H groups in total. The molecule has 0 spiro atoms. The molecule has 1 amide bonds. The maximum absolute atomic E-state index is 10.6. The highest BCUT2D eigenvalue weighted by Crippen LogP contribution is 2.20. The molecular weight excluding hydrogens is 222 g/mol. The van der Waals surface area contributed by atoms with Gasteiger partial charge in [0.05, 0.1) is 0 Å². The molecule has 2 aromatic carbocycles. The average Bonchev–Trinajstić information content (AvgIpc) is 2.38. The Bertz CT molecular complexity index is 565. The van der Waals surface area contributed by atoms with Crippen LogP contribution >= 0.6 is 0 Å². The molecule has 2 aromatic rings. The largest absolute Gasteiger partial charge is 0.366 e. The quantitative estimate of drug-likeness (QED) is 0.819. The van der Waals surface area contributed by atoms with Crippen molar-refractivity contribution in [2.75, 3.05) is 0 Å². The zero-order chi connectivity index (χ0) is 13.0. The van der Waals surface area contributed by atoms with Crippen LogP contribution in [0.25, 0.3) is 17.2 Å². The molecule has 2 rings (SSSR count). The van der Waals surface area contributed by atoms with Gasteiger partial charge in [-0.15, -0.1) is 0 Å². The van der Waals surface area contributed by atoms with E-state index in [0.29, 0.717) is 0 Å². The van der Waals surface area contributed by atoms with Gasteiger partial charge >= 0.3 is 0 Å². The van der Waals surface area contributed by atoms with Gasteiger partial charge in [0.2, 0.25) is 5.91 Å². The van der Waals surface area contributed by atoms with Gasteiger partial charge in [-0.05, 0) is 29.7 Å². The van der Waals surface area contributed by atoms with Gasteiger partial charge in [0.15, 0.2) is 0 Å². The van der Waals surface area contributed by atoms with Crippen LogP contribution in [0.1, 0.15) is 11.1 Å². The summed E-state index contributed by atoms with van der Waals surface area (Å²) in [7, 11) is 0. The molecule has 0 radical (unpaired) electrons. The highest BCUT2D eigenvalue weighted by Gasteiger charge is 1.96. The van der Waals surface area contributed by atoms with Gasteiger partial charge < -0.3 is 5.73 Å². The van der Waals surface area contributed by atoms with Crippen molar-refractivity contribution in [3.05, 3.63) is 65.7 Å². The van der Waals surface area contributed by atoms with Crippen LogP contribution in [0.4, 0.5) is 0 Å². The summed E-state index contributed by atoms with van der Waals surface area (Å²) in [5, 5.41) is 0. The Labute approximate surface area is 107 Å². The Morgan fingerprint density at radius 1 is 0.944 bits per heavy atom. The van der Waals surface area contributed by atoms with Crippen molar-refractivity contribution in [2.45, 2.75) is 6.92 Å². The van der Waals surface area contributed by atoms with Crippen molar-refractivity contribution in [3.63, 3.8) is 0 Å². The highest BCUT2D eigenvalue weighted by atomic mass is 16.1. The molecule has 0 aliphatic carbocycles. The zero-order valence-corrected chi connectivity index (χ0v) is 10.3. The summed E-state index contributed by atoms with van der Waals surface area (Å²) in [5.74, 6) is -0.433. The van der Waals surface area contributed by atoms with Crippen LogP contribution in [0.3, 0.4) is 0 Å².